The molecule has 3 rings (SSSR count). The van der Waals surface area contributed by atoms with E-state index in [1.165, 1.54) is 4.90 Å². The van der Waals surface area contributed by atoms with Gasteiger partial charge in [-0.25, -0.2) is 14.8 Å². The highest BCUT2D eigenvalue weighted by molar-refractivity contribution is 6.35. The SMILES string of the molecule is CCOC(=O)N1CCN(C(=O)C(=O)N2CCN(c3ncccn3)CC2)CC1. The minimum Gasteiger partial charge on any atom is -0.450 e. The smallest absolute Gasteiger partial charge is 0.409 e. The van der Waals surface area contributed by atoms with Crippen molar-refractivity contribution in [2.45, 2.75) is 6.92 Å². The molecule has 0 aliphatic carbocycles. The molecule has 0 unspecified atom stereocenters. The quantitative estimate of drug-likeness (QED) is 0.637. The largest absolute Gasteiger partial charge is 0.450 e. The number of rotatable bonds is 2. The van der Waals surface area contributed by atoms with Crippen LogP contribution in [0.1, 0.15) is 6.92 Å². The van der Waals surface area contributed by atoms with Crippen molar-refractivity contribution in [1.82, 2.24) is 24.7 Å². The second-order valence-corrected chi connectivity index (χ2v) is 6.31. The highest BCUT2D eigenvalue weighted by Gasteiger charge is 2.32. The fraction of sp³-hybridized carbons (Fsp3) is 0.588. The van der Waals surface area contributed by atoms with Crippen molar-refractivity contribution in [1.29, 1.82) is 0 Å². The zero-order valence-corrected chi connectivity index (χ0v) is 15.4. The van der Waals surface area contributed by atoms with Crippen LogP contribution in [0.2, 0.25) is 0 Å². The van der Waals surface area contributed by atoms with Crippen molar-refractivity contribution >= 4 is 23.9 Å². The van der Waals surface area contributed by atoms with E-state index in [2.05, 4.69) is 9.97 Å². The van der Waals surface area contributed by atoms with Gasteiger partial charge in [0.25, 0.3) is 0 Å². The van der Waals surface area contributed by atoms with Gasteiger partial charge in [0.15, 0.2) is 0 Å². The molecule has 3 heterocycles. The van der Waals surface area contributed by atoms with Gasteiger partial charge in [-0.05, 0) is 13.0 Å². The van der Waals surface area contributed by atoms with Crippen LogP contribution in [-0.2, 0) is 14.3 Å². The molecule has 146 valence electrons. The maximum absolute atomic E-state index is 12.5. The Labute approximate surface area is 157 Å². The molecular formula is C17H24N6O4. The van der Waals surface area contributed by atoms with Gasteiger partial charge in [-0.2, -0.15) is 0 Å². The molecular weight excluding hydrogens is 352 g/mol. The summed E-state index contributed by atoms with van der Waals surface area (Å²) in [6.45, 7) is 5.55. The summed E-state index contributed by atoms with van der Waals surface area (Å²) in [5.74, 6) is -0.373. The number of nitrogens with zero attached hydrogens (tertiary/aromatic N) is 6. The van der Waals surface area contributed by atoms with Crippen LogP contribution in [-0.4, -0.2) is 102 Å². The Morgan fingerprint density at radius 2 is 1.33 bits per heavy atom. The summed E-state index contributed by atoms with van der Waals surface area (Å²) in [6, 6.07) is 1.75. The van der Waals surface area contributed by atoms with Crippen LogP contribution in [0.15, 0.2) is 18.5 Å². The molecule has 2 saturated heterocycles. The van der Waals surface area contributed by atoms with Gasteiger partial charge in [0.1, 0.15) is 0 Å². The Balaban J connectivity index is 1.47. The van der Waals surface area contributed by atoms with Crippen LogP contribution < -0.4 is 4.90 Å². The number of piperazine rings is 2. The van der Waals surface area contributed by atoms with E-state index in [9.17, 15) is 14.4 Å². The molecule has 0 saturated carbocycles. The lowest BCUT2D eigenvalue weighted by molar-refractivity contribution is -0.152. The summed E-state index contributed by atoms with van der Waals surface area (Å²) in [4.78, 5) is 51.8. The fourth-order valence-corrected chi connectivity index (χ4v) is 3.14. The van der Waals surface area contributed by atoms with Crippen LogP contribution in [0.3, 0.4) is 0 Å². The standard InChI is InChI=1S/C17H24N6O4/c1-2-27-17(26)23-12-8-21(9-13-23)15(25)14(24)20-6-10-22(11-7-20)16-18-4-3-5-19-16/h3-5H,2,6-13H2,1H3. The Morgan fingerprint density at radius 1 is 0.852 bits per heavy atom. The van der Waals surface area contributed by atoms with Crippen LogP contribution in [0.25, 0.3) is 0 Å². The minimum atomic E-state index is -0.511. The third kappa shape index (κ3) is 4.44. The number of anilines is 1. The lowest BCUT2D eigenvalue weighted by Crippen LogP contribution is -2.57. The number of amides is 3. The summed E-state index contributed by atoms with van der Waals surface area (Å²) in [6.07, 6.45) is 2.98. The van der Waals surface area contributed by atoms with Crippen LogP contribution in [0, 0.1) is 0 Å². The predicted molar refractivity (Wildman–Crippen MR) is 96.0 cm³/mol. The van der Waals surface area contributed by atoms with E-state index in [-0.39, 0.29) is 6.09 Å². The first-order valence-electron chi connectivity index (χ1n) is 9.12. The molecule has 3 amide bonds. The average molecular weight is 376 g/mol. The molecule has 2 fully saturated rings. The van der Waals surface area contributed by atoms with Crippen molar-refractivity contribution in [3.63, 3.8) is 0 Å². The number of ether oxygens (including phenoxy) is 1. The van der Waals surface area contributed by atoms with Crippen molar-refractivity contribution < 1.29 is 19.1 Å². The Bertz CT molecular complexity index is 669. The topological polar surface area (TPSA) is 99.2 Å². The van der Waals surface area contributed by atoms with E-state index >= 15 is 0 Å². The molecule has 10 nitrogen and oxygen atoms in total. The molecule has 0 radical (unpaired) electrons. The first-order valence-corrected chi connectivity index (χ1v) is 9.12. The third-order valence-electron chi connectivity index (χ3n) is 4.68. The predicted octanol–water partition coefficient (Wildman–Crippen LogP) is -0.574. The maximum atomic E-state index is 12.5. The lowest BCUT2D eigenvalue weighted by atomic mass is 10.2. The van der Waals surface area contributed by atoms with Gasteiger partial charge >= 0.3 is 17.9 Å². The second-order valence-electron chi connectivity index (χ2n) is 6.31. The van der Waals surface area contributed by atoms with Crippen molar-refractivity contribution in [2.24, 2.45) is 0 Å². The zero-order chi connectivity index (χ0) is 19.2. The molecule has 0 atom stereocenters. The molecule has 0 aromatic carbocycles. The van der Waals surface area contributed by atoms with Gasteiger partial charge in [0, 0.05) is 64.8 Å². The van der Waals surface area contributed by atoms with Crippen LogP contribution in [0.5, 0.6) is 0 Å². The fourth-order valence-electron chi connectivity index (χ4n) is 3.14. The molecule has 0 spiro atoms. The van der Waals surface area contributed by atoms with Crippen molar-refractivity contribution in [2.75, 3.05) is 63.9 Å². The highest BCUT2D eigenvalue weighted by atomic mass is 16.6. The molecule has 0 N–H and O–H groups in total. The molecule has 27 heavy (non-hydrogen) atoms. The van der Waals surface area contributed by atoms with Gasteiger partial charge in [-0.1, -0.05) is 0 Å². The van der Waals surface area contributed by atoms with E-state index in [0.29, 0.717) is 64.9 Å². The number of hydrogen-bond donors (Lipinski definition) is 0. The average Bonchev–Trinajstić information content (AvgIpc) is 2.74. The summed E-state index contributed by atoms with van der Waals surface area (Å²) < 4.78 is 4.96. The summed E-state index contributed by atoms with van der Waals surface area (Å²) in [5.41, 5.74) is 0. The van der Waals surface area contributed by atoms with Gasteiger partial charge in [0.05, 0.1) is 6.61 Å². The second kappa shape index (κ2) is 8.65. The Morgan fingerprint density at radius 3 is 1.85 bits per heavy atom. The van der Waals surface area contributed by atoms with Gasteiger partial charge < -0.3 is 24.3 Å². The molecule has 1 aromatic rings. The Kier molecular flexibility index (Phi) is 6.05. The molecule has 10 heteroatoms. The molecule has 2 aliphatic rings. The minimum absolute atomic E-state index is 0.316. The monoisotopic (exact) mass is 376 g/mol. The van der Waals surface area contributed by atoms with Crippen molar-refractivity contribution in [3.05, 3.63) is 18.5 Å². The van der Waals surface area contributed by atoms with E-state index < -0.39 is 11.8 Å². The number of carbonyl (C=O) groups excluding carboxylic acids is 3. The summed E-state index contributed by atoms with van der Waals surface area (Å²) in [7, 11) is 0. The van der Waals surface area contributed by atoms with E-state index in [0.717, 1.165) is 0 Å². The first-order chi connectivity index (χ1) is 13.1. The zero-order valence-electron chi connectivity index (χ0n) is 15.4. The van der Waals surface area contributed by atoms with Crippen molar-refractivity contribution in [3.8, 4) is 0 Å². The Hall–Kier alpha value is -2.91. The molecule has 0 bridgehead atoms. The summed E-state index contributed by atoms with van der Waals surface area (Å²) >= 11 is 0. The van der Waals surface area contributed by atoms with Gasteiger partial charge in [-0.15, -0.1) is 0 Å². The van der Waals surface area contributed by atoms with Gasteiger partial charge in [0.2, 0.25) is 5.95 Å². The van der Waals surface area contributed by atoms with Crippen LogP contribution >= 0.6 is 0 Å². The van der Waals surface area contributed by atoms with E-state index in [1.54, 1.807) is 35.2 Å². The third-order valence-corrected chi connectivity index (χ3v) is 4.68. The van der Waals surface area contributed by atoms with Gasteiger partial charge in [-0.3, -0.25) is 9.59 Å². The highest BCUT2D eigenvalue weighted by Crippen LogP contribution is 2.11. The molecule has 1 aromatic heterocycles. The van der Waals surface area contributed by atoms with E-state index in [4.69, 9.17) is 4.74 Å². The van der Waals surface area contributed by atoms with Crippen LogP contribution in [0.4, 0.5) is 10.7 Å². The van der Waals surface area contributed by atoms with E-state index in [1.807, 2.05) is 4.90 Å². The number of carbonyl (C=O) groups is 3. The normalized spacial score (nSPS) is 17.7. The number of hydrogen-bond acceptors (Lipinski definition) is 7. The summed E-state index contributed by atoms with van der Waals surface area (Å²) in [5, 5.41) is 0. The first kappa shape index (κ1) is 18.9. The lowest BCUT2D eigenvalue weighted by Gasteiger charge is -2.37. The maximum Gasteiger partial charge on any atom is 0.409 e. The molecule has 2 aliphatic heterocycles. The number of aromatic nitrogens is 2.